The molecule has 2 aliphatic heterocycles. The number of aliphatic carboxylic acids is 1. The van der Waals surface area contributed by atoms with Gasteiger partial charge in [-0.2, -0.15) is 0 Å². The van der Waals surface area contributed by atoms with E-state index in [1.165, 1.54) is 23.6 Å². The Labute approximate surface area is 220 Å². The van der Waals surface area contributed by atoms with Gasteiger partial charge in [-0.3, -0.25) is 19.3 Å². The number of carbonyl (C=O) groups excluding carboxylic acids is 3. The van der Waals surface area contributed by atoms with Gasteiger partial charge in [-0.1, -0.05) is 23.4 Å². The van der Waals surface area contributed by atoms with Crippen LogP contribution >= 0.6 is 46.5 Å². The van der Waals surface area contributed by atoms with Gasteiger partial charge in [0.15, 0.2) is 5.13 Å². The van der Waals surface area contributed by atoms with Crippen LogP contribution in [0.3, 0.4) is 0 Å². The number of halogens is 1. The van der Waals surface area contributed by atoms with Gasteiger partial charge < -0.3 is 20.9 Å². The van der Waals surface area contributed by atoms with E-state index in [-0.39, 0.29) is 45.3 Å². The zero-order chi connectivity index (χ0) is 26.0. The molecule has 0 aromatic carbocycles. The van der Waals surface area contributed by atoms with Crippen molar-refractivity contribution < 1.29 is 29.0 Å². The molecule has 0 spiro atoms. The van der Waals surface area contributed by atoms with Crippen molar-refractivity contribution >= 4 is 80.9 Å². The van der Waals surface area contributed by atoms with E-state index in [4.69, 9.17) is 17.3 Å². The number of carbonyl (C=O) groups is 4. The largest absolute Gasteiger partial charge is 0.477 e. The number of esters is 1. The number of hydrogen-bond donors (Lipinski definition) is 3. The predicted octanol–water partition coefficient (Wildman–Crippen LogP) is -0.00460. The van der Waals surface area contributed by atoms with Gasteiger partial charge in [0.2, 0.25) is 5.16 Å². The van der Waals surface area contributed by atoms with Crippen molar-refractivity contribution in [3.05, 3.63) is 27.9 Å². The standard InChI is InChI=1S/C18H17ClN8O6S3/c1-33-10(28)3-26-18(23-24-25-26)36-5-7-4-34-15-11(14(30)27(15)12(7)16(31)32)22-13(29)8(2-19)9-6-35-17(20)21-9/h2,6,11,15H,3-5H2,1H3,(H2,20,21)(H,22,29)(H,31,32)/t11?,15-/m0/s1. The molecule has 4 heterocycles. The minimum absolute atomic E-state index is 0.0347. The highest BCUT2D eigenvalue weighted by Crippen LogP contribution is 2.41. The molecule has 1 saturated heterocycles. The van der Waals surface area contributed by atoms with E-state index in [1.54, 1.807) is 5.38 Å². The van der Waals surface area contributed by atoms with E-state index in [0.717, 1.165) is 33.5 Å². The fourth-order valence-electron chi connectivity index (χ4n) is 3.38. The minimum atomic E-state index is -1.28. The summed E-state index contributed by atoms with van der Waals surface area (Å²) in [5, 5.41) is 25.0. The molecule has 36 heavy (non-hydrogen) atoms. The Morgan fingerprint density at radius 3 is 2.86 bits per heavy atom. The van der Waals surface area contributed by atoms with Crippen molar-refractivity contribution in [2.45, 2.75) is 23.1 Å². The average Bonchev–Trinajstić information content (AvgIpc) is 3.49. The van der Waals surface area contributed by atoms with E-state index in [1.807, 2.05) is 0 Å². The molecule has 18 heteroatoms. The first-order chi connectivity index (χ1) is 17.2. The van der Waals surface area contributed by atoms with Crippen molar-refractivity contribution in [2.24, 2.45) is 0 Å². The second kappa shape index (κ2) is 10.9. The van der Waals surface area contributed by atoms with E-state index >= 15 is 0 Å². The lowest BCUT2D eigenvalue weighted by molar-refractivity contribution is -0.150. The fraction of sp³-hybridized carbons (Fsp3) is 0.333. The smallest absolute Gasteiger partial charge is 0.352 e. The second-order valence-corrected chi connectivity index (χ2v) is 10.4. The Morgan fingerprint density at radius 2 is 2.22 bits per heavy atom. The number of ether oxygens (including phenoxy) is 1. The molecule has 1 fully saturated rings. The first-order valence-corrected chi connectivity index (χ1v) is 13.3. The molecule has 4 N–H and O–H groups in total. The number of anilines is 1. The Hall–Kier alpha value is -3.15. The van der Waals surface area contributed by atoms with Crippen LogP contribution in [0.25, 0.3) is 5.57 Å². The van der Waals surface area contributed by atoms with E-state index in [9.17, 15) is 24.3 Å². The van der Waals surface area contributed by atoms with Crippen LogP contribution in [-0.4, -0.2) is 89.0 Å². The number of tetrazole rings is 1. The zero-order valence-corrected chi connectivity index (χ0v) is 21.5. The Balaban J connectivity index is 1.46. The summed E-state index contributed by atoms with van der Waals surface area (Å²) in [7, 11) is 1.24. The Morgan fingerprint density at radius 1 is 1.44 bits per heavy atom. The topological polar surface area (TPSA) is 196 Å². The third kappa shape index (κ3) is 5.04. The number of carboxylic acid groups (broad SMARTS) is 1. The summed E-state index contributed by atoms with van der Waals surface area (Å²) in [6, 6.07) is -0.944. The number of nitrogens with zero attached hydrogens (tertiary/aromatic N) is 6. The van der Waals surface area contributed by atoms with Gasteiger partial charge in [0.25, 0.3) is 11.8 Å². The van der Waals surface area contributed by atoms with Gasteiger partial charge in [-0.25, -0.2) is 14.5 Å². The van der Waals surface area contributed by atoms with Crippen LogP contribution in [0.4, 0.5) is 5.13 Å². The number of thioether (sulfide) groups is 2. The molecule has 0 saturated carbocycles. The van der Waals surface area contributed by atoms with Crippen molar-refractivity contribution in [1.29, 1.82) is 0 Å². The highest BCUT2D eigenvalue weighted by molar-refractivity contribution is 8.01. The van der Waals surface area contributed by atoms with Gasteiger partial charge in [0.1, 0.15) is 23.7 Å². The molecule has 0 radical (unpaired) electrons. The lowest BCUT2D eigenvalue weighted by atomic mass is 10.0. The summed E-state index contributed by atoms with van der Waals surface area (Å²) in [6.07, 6.45) is 0. The number of rotatable bonds is 9. The highest BCUT2D eigenvalue weighted by Gasteiger charge is 2.54. The van der Waals surface area contributed by atoms with Crippen LogP contribution in [-0.2, 0) is 30.5 Å². The normalized spacial score (nSPS) is 19.6. The van der Waals surface area contributed by atoms with E-state index < -0.39 is 35.2 Å². The quantitative estimate of drug-likeness (QED) is 0.157. The molecule has 2 aromatic heterocycles. The average molecular weight is 573 g/mol. The van der Waals surface area contributed by atoms with Gasteiger partial charge >= 0.3 is 11.9 Å². The number of nitrogen functional groups attached to an aromatic ring is 1. The Bertz CT molecular complexity index is 1290. The molecular formula is C18H17ClN8O6S3. The molecular weight excluding hydrogens is 556 g/mol. The second-order valence-electron chi connectivity index (χ2n) is 7.20. The molecule has 4 rings (SSSR count). The van der Waals surface area contributed by atoms with Gasteiger partial charge in [0.05, 0.1) is 18.4 Å². The van der Waals surface area contributed by atoms with Gasteiger partial charge in [-0.05, 0) is 16.0 Å². The highest BCUT2D eigenvalue weighted by atomic mass is 35.5. The summed E-state index contributed by atoms with van der Waals surface area (Å²) in [4.78, 5) is 54.4. The third-order valence-corrected chi connectivity index (χ3v) is 8.34. The van der Waals surface area contributed by atoms with Gasteiger partial charge in [-0.15, -0.1) is 28.2 Å². The number of nitrogens with one attached hydrogen (secondary N) is 1. The number of β-lactam (4-membered cyclic amide) rings is 1. The molecule has 0 aliphatic carbocycles. The van der Waals surface area contributed by atoms with E-state index in [2.05, 4.69) is 30.6 Å². The van der Waals surface area contributed by atoms with Crippen LogP contribution in [0.5, 0.6) is 0 Å². The number of aromatic nitrogens is 5. The number of nitrogens with two attached hydrogens (primary N) is 1. The van der Waals surface area contributed by atoms with Crippen molar-refractivity contribution in [3.63, 3.8) is 0 Å². The van der Waals surface area contributed by atoms with Gasteiger partial charge in [0, 0.05) is 22.4 Å². The number of hydrogen-bond acceptors (Lipinski definition) is 13. The molecule has 2 atom stereocenters. The molecule has 2 aliphatic rings. The SMILES string of the molecule is COC(=O)Cn1nnnc1SCC1=C(C(=O)O)N2C(=O)C(NC(=O)C(=CCl)c3csc(N)n3)[C@@H]2SC1. The van der Waals surface area contributed by atoms with Crippen LogP contribution in [0, 0.1) is 0 Å². The Kier molecular flexibility index (Phi) is 7.82. The van der Waals surface area contributed by atoms with Crippen molar-refractivity contribution in [1.82, 2.24) is 35.4 Å². The number of amides is 2. The summed E-state index contributed by atoms with van der Waals surface area (Å²) >= 11 is 9.36. The number of methoxy groups -OCH3 is 1. The fourth-order valence-corrected chi connectivity index (χ4v) is 6.52. The summed E-state index contributed by atoms with van der Waals surface area (Å²) in [5.41, 5.74) is 7.28. The molecule has 2 aromatic rings. The first kappa shape index (κ1) is 25.9. The van der Waals surface area contributed by atoms with Crippen LogP contribution in [0.2, 0.25) is 0 Å². The lowest BCUT2D eigenvalue weighted by Gasteiger charge is -2.49. The van der Waals surface area contributed by atoms with Crippen molar-refractivity contribution in [3.8, 4) is 0 Å². The maximum absolute atomic E-state index is 12.9. The lowest BCUT2D eigenvalue weighted by Crippen LogP contribution is -2.70. The third-order valence-electron chi connectivity index (χ3n) is 5.07. The zero-order valence-electron chi connectivity index (χ0n) is 18.3. The summed E-state index contributed by atoms with van der Waals surface area (Å²) in [6.45, 7) is -0.203. The molecule has 190 valence electrons. The molecule has 1 unspecified atom stereocenters. The van der Waals surface area contributed by atoms with Crippen LogP contribution in [0.1, 0.15) is 5.69 Å². The number of fused-ring (bicyclic) bond motifs is 1. The summed E-state index contributed by atoms with van der Waals surface area (Å²) < 4.78 is 5.83. The molecule has 14 nitrogen and oxygen atoms in total. The van der Waals surface area contributed by atoms with Crippen LogP contribution < -0.4 is 11.1 Å². The first-order valence-electron chi connectivity index (χ1n) is 9.93. The van der Waals surface area contributed by atoms with E-state index in [0.29, 0.717) is 5.57 Å². The maximum atomic E-state index is 12.9. The monoisotopic (exact) mass is 572 g/mol. The minimum Gasteiger partial charge on any atom is -0.477 e. The molecule has 2 amide bonds. The predicted molar refractivity (Wildman–Crippen MR) is 131 cm³/mol. The number of carboxylic acids is 1. The maximum Gasteiger partial charge on any atom is 0.352 e. The van der Waals surface area contributed by atoms with Crippen LogP contribution in [0.15, 0.2) is 27.3 Å². The summed E-state index contributed by atoms with van der Waals surface area (Å²) in [5.74, 6) is -2.57. The van der Waals surface area contributed by atoms with Crippen molar-refractivity contribution in [2.75, 3.05) is 24.3 Å². The molecule has 0 bridgehead atoms. The number of thiazole rings is 1.